The molecule has 0 atom stereocenters. The second-order valence-corrected chi connectivity index (χ2v) is 5.33. The Bertz CT molecular complexity index is 880. The van der Waals surface area contributed by atoms with Crippen molar-refractivity contribution in [2.75, 3.05) is 11.1 Å². The monoisotopic (exact) mass is 323 g/mol. The van der Waals surface area contributed by atoms with E-state index in [1.807, 2.05) is 30.3 Å². The number of para-hydroxylation sites is 1. The van der Waals surface area contributed by atoms with Crippen LogP contribution in [0.1, 0.15) is 14.0 Å². The molecule has 24 heavy (non-hydrogen) atoms. The first-order valence-electron chi connectivity index (χ1n) is 7.44. The summed E-state index contributed by atoms with van der Waals surface area (Å²) in [6, 6.07) is 16.7. The zero-order chi connectivity index (χ0) is 16.9. The van der Waals surface area contributed by atoms with Crippen LogP contribution in [0.15, 0.2) is 67.0 Å². The molecule has 0 fully saturated rings. The highest BCUT2D eigenvalue weighted by atomic mass is 16.1. The van der Waals surface area contributed by atoms with Crippen LogP contribution in [0.5, 0.6) is 0 Å². The molecule has 0 aliphatic rings. The topological polar surface area (TPSA) is 96.8 Å². The third-order valence-electron chi connectivity index (χ3n) is 3.54. The quantitative estimate of drug-likeness (QED) is 0.497. The first kappa shape index (κ1) is 15.5. The van der Waals surface area contributed by atoms with Gasteiger partial charge in [0.15, 0.2) is 0 Å². The highest BCUT2D eigenvalue weighted by Gasteiger charge is 2.15. The number of nitrogens with two attached hydrogens (primary N) is 1. The molecule has 1 heterocycles. The molecule has 0 saturated heterocycles. The van der Waals surface area contributed by atoms with Gasteiger partial charge in [-0.05, 0) is 11.6 Å². The Labute approximate surface area is 142 Å². The molecule has 6 heteroatoms. The van der Waals surface area contributed by atoms with Gasteiger partial charge in [0, 0.05) is 20.3 Å². The highest BCUT2D eigenvalue weighted by Crippen LogP contribution is 2.13. The number of amides is 1. The molecule has 3 aromatic rings. The molecule has 1 amide bonds. The average Bonchev–Trinajstić information content (AvgIpc) is 3.02. The van der Waals surface area contributed by atoms with Crippen molar-refractivity contribution in [2.24, 2.45) is 0 Å². The van der Waals surface area contributed by atoms with Crippen LogP contribution in [0, 0.1) is 5.41 Å². The van der Waals surface area contributed by atoms with Crippen molar-refractivity contribution in [1.82, 2.24) is 9.78 Å². The van der Waals surface area contributed by atoms with Gasteiger partial charge in [-0.25, -0.2) is 0 Å². The normalized spacial score (nSPS) is 10.3. The number of nitrogens with zero attached hydrogens (tertiary/aromatic N) is 2. The molecular weight excluding hydrogens is 302 g/mol. The van der Waals surface area contributed by atoms with E-state index in [9.17, 15) is 4.79 Å². The van der Waals surface area contributed by atoms with Crippen LogP contribution in [-0.4, -0.2) is 21.4 Å². The van der Waals surface area contributed by atoms with Crippen LogP contribution in [0.4, 0.5) is 11.4 Å². The van der Waals surface area contributed by atoms with Crippen molar-refractivity contribution in [3.63, 3.8) is 0 Å². The first-order valence-corrected chi connectivity index (χ1v) is 7.44. The number of carbonyl (C=O) groups excluding carboxylic acids is 1. The summed E-state index contributed by atoms with van der Waals surface area (Å²) >= 11 is 0. The van der Waals surface area contributed by atoms with Crippen LogP contribution in [0.25, 0.3) is 0 Å². The van der Waals surface area contributed by atoms with Gasteiger partial charge in [0.2, 0.25) is 0 Å². The SMILES string of the molecule is N=C(C(=O)Nc1cnn(Cc2ccccc2)c1)c1ccccc1N.[HH].[HH]. The maximum absolute atomic E-state index is 12.2. The number of hydrogen-bond acceptors (Lipinski definition) is 4. The minimum atomic E-state index is -0.521. The van der Waals surface area contributed by atoms with Gasteiger partial charge in [0.1, 0.15) is 5.71 Å². The summed E-state index contributed by atoms with van der Waals surface area (Å²) in [6.07, 6.45) is 3.29. The number of carbonyl (C=O) groups is 1. The maximum Gasteiger partial charge on any atom is 0.274 e. The Morgan fingerprint density at radius 1 is 1.17 bits per heavy atom. The molecule has 1 aromatic heterocycles. The minimum Gasteiger partial charge on any atom is -0.398 e. The van der Waals surface area contributed by atoms with Gasteiger partial charge in [-0.15, -0.1) is 0 Å². The Morgan fingerprint density at radius 2 is 1.88 bits per heavy atom. The number of hydrogen-bond donors (Lipinski definition) is 3. The second-order valence-electron chi connectivity index (χ2n) is 5.33. The number of nitrogens with one attached hydrogen (secondary N) is 2. The third kappa shape index (κ3) is 3.49. The average molecular weight is 323 g/mol. The van der Waals surface area contributed by atoms with E-state index in [0.717, 1.165) is 5.56 Å². The fraction of sp³-hybridized carbons (Fsp3) is 0.0556. The summed E-state index contributed by atoms with van der Waals surface area (Å²) in [5.41, 5.74) is 8.09. The van der Waals surface area contributed by atoms with Gasteiger partial charge in [-0.1, -0.05) is 48.5 Å². The molecule has 0 aliphatic heterocycles. The summed E-state index contributed by atoms with van der Waals surface area (Å²) in [5.74, 6) is -0.521. The minimum absolute atomic E-state index is 0. The highest BCUT2D eigenvalue weighted by molar-refractivity contribution is 6.48. The number of nitrogen functional groups attached to an aromatic ring is 1. The lowest BCUT2D eigenvalue weighted by molar-refractivity contribution is -0.110. The smallest absolute Gasteiger partial charge is 0.274 e. The van der Waals surface area contributed by atoms with Crippen LogP contribution in [-0.2, 0) is 11.3 Å². The van der Waals surface area contributed by atoms with Crippen LogP contribution < -0.4 is 11.1 Å². The molecule has 4 N–H and O–H groups in total. The zero-order valence-electron chi connectivity index (χ0n) is 12.9. The summed E-state index contributed by atoms with van der Waals surface area (Å²) in [5, 5.41) is 14.9. The number of benzene rings is 2. The van der Waals surface area contributed by atoms with Gasteiger partial charge in [-0.2, -0.15) is 5.10 Å². The molecule has 0 spiro atoms. The van der Waals surface area contributed by atoms with E-state index >= 15 is 0 Å². The number of aromatic nitrogens is 2. The lowest BCUT2D eigenvalue weighted by Gasteiger charge is -2.07. The first-order chi connectivity index (χ1) is 11.6. The van der Waals surface area contributed by atoms with Crippen LogP contribution in [0.3, 0.4) is 0 Å². The molecule has 0 unspecified atom stereocenters. The van der Waals surface area contributed by atoms with E-state index < -0.39 is 5.91 Å². The van der Waals surface area contributed by atoms with Crippen molar-refractivity contribution < 1.29 is 7.65 Å². The lowest BCUT2D eigenvalue weighted by Crippen LogP contribution is -2.23. The Balaban J connectivity index is 0.00000169. The summed E-state index contributed by atoms with van der Waals surface area (Å²) < 4.78 is 1.73. The molecule has 3 rings (SSSR count). The van der Waals surface area contributed by atoms with Crippen molar-refractivity contribution >= 4 is 23.0 Å². The van der Waals surface area contributed by atoms with Crippen molar-refractivity contribution in [3.8, 4) is 0 Å². The Kier molecular flexibility index (Phi) is 4.38. The van der Waals surface area contributed by atoms with Gasteiger partial charge in [0.05, 0.1) is 18.4 Å². The van der Waals surface area contributed by atoms with Crippen molar-refractivity contribution in [3.05, 3.63) is 78.1 Å². The van der Waals surface area contributed by atoms with Gasteiger partial charge in [-0.3, -0.25) is 14.9 Å². The molecular formula is C18H21N5O. The standard InChI is InChI=1S/C18H17N5O.2H2/c19-16-9-5-4-8-15(16)17(20)18(24)22-14-10-21-23(12-14)11-13-6-2-1-3-7-13;;/h1-10,12,20H,11,19H2,(H,22,24);2*1H. The summed E-state index contributed by atoms with van der Waals surface area (Å²) in [4.78, 5) is 12.2. The Morgan fingerprint density at radius 3 is 2.62 bits per heavy atom. The second kappa shape index (κ2) is 6.78. The van der Waals surface area contributed by atoms with E-state index in [1.165, 1.54) is 0 Å². The van der Waals surface area contributed by atoms with Gasteiger partial charge in [0.25, 0.3) is 5.91 Å². The predicted molar refractivity (Wildman–Crippen MR) is 98.3 cm³/mol. The van der Waals surface area contributed by atoms with Crippen LogP contribution in [0.2, 0.25) is 0 Å². The lowest BCUT2D eigenvalue weighted by atomic mass is 10.1. The maximum atomic E-state index is 12.2. The van der Waals surface area contributed by atoms with Crippen molar-refractivity contribution in [1.29, 1.82) is 5.41 Å². The van der Waals surface area contributed by atoms with Crippen molar-refractivity contribution in [2.45, 2.75) is 6.54 Å². The fourth-order valence-electron chi connectivity index (χ4n) is 2.33. The summed E-state index contributed by atoms with van der Waals surface area (Å²) in [6.45, 7) is 0.611. The molecule has 0 saturated carbocycles. The Hall–Kier alpha value is -3.41. The number of anilines is 2. The fourth-order valence-corrected chi connectivity index (χ4v) is 2.33. The molecule has 2 aromatic carbocycles. The zero-order valence-corrected chi connectivity index (χ0v) is 12.9. The van der Waals surface area contributed by atoms with E-state index in [4.69, 9.17) is 11.1 Å². The third-order valence-corrected chi connectivity index (χ3v) is 3.54. The molecule has 6 nitrogen and oxygen atoms in total. The molecule has 0 bridgehead atoms. The molecule has 0 radical (unpaired) electrons. The van der Waals surface area contributed by atoms with E-state index in [0.29, 0.717) is 23.5 Å². The van der Waals surface area contributed by atoms with Gasteiger partial charge < -0.3 is 11.1 Å². The molecule has 124 valence electrons. The largest absolute Gasteiger partial charge is 0.398 e. The number of rotatable bonds is 5. The van der Waals surface area contributed by atoms with E-state index in [1.54, 1.807) is 41.3 Å². The van der Waals surface area contributed by atoms with Crippen LogP contribution >= 0.6 is 0 Å². The van der Waals surface area contributed by atoms with Gasteiger partial charge >= 0.3 is 0 Å². The predicted octanol–water partition coefficient (Wildman–Crippen LogP) is 3.01. The van der Waals surface area contributed by atoms with E-state index in [-0.39, 0.29) is 8.56 Å². The molecule has 0 aliphatic carbocycles. The summed E-state index contributed by atoms with van der Waals surface area (Å²) in [7, 11) is 0. The van der Waals surface area contributed by atoms with E-state index in [2.05, 4.69) is 10.4 Å².